The number of ketones is 1. The Kier molecular flexibility index (Phi) is 7.51. The van der Waals surface area contributed by atoms with E-state index in [1.807, 2.05) is 18.2 Å². The van der Waals surface area contributed by atoms with Crippen LogP contribution in [0.2, 0.25) is 0 Å². The quantitative estimate of drug-likeness (QED) is 0.370. The number of hydrogen-bond donors (Lipinski definition) is 3. The van der Waals surface area contributed by atoms with Crippen LogP contribution in [-0.4, -0.2) is 68.7 Å². The normalized spacial score (nSPS) is 24.3. The van der Waals surface area contributed by atoms with E-state index in [-0.39, 0.29) is 47.0 Å². The van der Waals surface area contributed by atoms with E-state index in [4.69, 9.17) is 0 Å². The van der Waals surface area contributed by atoms with E-state index in [1.54, 1.807) is 57.2 Å². The molecule has 2 aliphatic heterocycles. The van der Waals surface area contributed by atoms with E-state index in [1.165, 1.54) is 12.1 Å². The molecule has 0 radical (unpaired) electrons. The smallest absolute Gasteiger partial charge is 0.167 e. The Hall–Kier alpha value is -3.26. The summed E-state index contributed by atoms with van der Waals surface area (Å²) in [6.07, 6.45) is 0.576. The van der Waals surface area contributed by atoms with Crippen LogP contribution in [0.15, 0.2) is 66.7 Å². The molecule has 0 bridgehead atoms. The lowest BCUT2D eigenvalue weighted by molar-refractivity contribution is -0.0830. The van der Waals surface area contributed by atoms with E-state index in [0.717, 1.165) is 11.1 Å². The number of hydrogen-bond acceptors (Lipinski definition) is 6. The molecule has 7 heteroatoms. The maximum atomic E-state index is 14.7. The van der Waals surface area contributed by atoms with Crippen molar-refractivity contribution in [1.29, 1.82) is 0 Å². The van der Waals surface area contributed by atoms with Gasteiger partial charge in [-0.3, -0.25) is 14.6 Å². The van der Waals surface area contributed by atoms with Crippen molar-refractivity contribution in [3.63, 3.8) is 0 Å². The minimum Gasteiger partial charge on any atom is -0.508 e. The van der Waals surface area contributed by atoms with Crippen LogP contribution in [-0.2, 0) is 0 Å². The molecule has 39 heavy (non-hydrogen) atoms. The van der Waals surface area contributed by atoms with Crippen LogP contribution in [0, 0.1) is 18.7 Å². The summed E-state index contributed by atoms with van der Waals surface area (Å²) in [7, 11) is 0. The number of para-hydroxylation sites is 1. The van der Waals surface area contributed by atoms with Crippen molar-refractivity contribution >= 4 is 5.78 Å². The number of β-amino-alcohol motifs (C(OH)–C–C–N with tert-alkyl or cyclic N) is 1. The van der Waals surface area contributed by atoms with Crippen LogP contribution >= 0.6 is 0 Å². The highest BCUT2D eigenvalue weighted by Gasteiger charge is 2.48. The van der Waals surface area contributed by atoms with Gasteiger partial charge in [-0.25, -0.2) is 4.39 Å². The Balaban J connectivity index is 1.50. The van der Waals surface area contributed by atoms with Crippen LogP contribution in [0.25, 0.3) is 0 Å². The summed E-state index contributed by atoms with van der Waals surface area (Å²) < 4.78 is 14.7. The van der Waals surface area contributed by atoms with Gasteiger partial charge in [-0.15, -0.1) is 0 Å². The van der Waals surface area contributed by atoms with Gasteiger partial charge in [-0.05, 0) is 68.1 Å². The lowest BCUT2D eigenvalue weighted by atomic mass is 9.77. The summed E-state index contributed by atoms with van der Waals surface area (Å²) >= 11 is 0. The molecule has 0 amide bonds. The van der Waals surface area contributed by atoms with Crippen LogP contribution < -0.4 is 0 Å². The second-order valence-corrected chi connectivity index (χ2v) is 11.8. The third-order valence-corrected chi connectivity index (χ3v) is 8.22. The first-order chi connectivity index (χ1) is 18.5. The average Bonchev–Trinajstić information content (AvgIpc) is 2.88. The first kappa shape index (κ1) is 27.3. The van der Waals surface area contributed by atoms with Gasteiger partial charge in [0.05, 0.1) is 11.6 Å². The number of rotatable bonds is 7. The summed E-state index contributed by atoms with van der Waals surface area (Å²) in [4.78, 5) is 18.2. The Bertz CT molecular complexity index is 1350. The van der Waals surface area contributed by atoms with Gasteiger partial charge < -0.3 is 15.3 Å². The van der Waals surface area contributed by atoms with Gasteiger partial charge in [0.1, 0.15) is 17.3 Å². The number of Topliss-reactive ketones (excluding diaryl/α,β-unsaturated/α-hetero) is 1. The molecule has 4 atom stereocenters. The molecule has 0 spiro atoms. The first-order valence-corrected chi connectivity index (χ1v) is 13.6. The molecule has 5 rings (SSSR count). The van der Waals surface area contributed by atoms with Crippen molar-refractivity contribution in [2.45, 2.75) is 50.8 Å². The number of halogens is 1. The molecular formula is C32H37FN2O4. The second kappa shape index (κ2) is 10.7. The monoisotopic (exact) mass is 532 g/mol. The summed E-state index contributed by atoms with van der Waals surface area (Å²) in [5, 5.41) is 31.3. The van der Waals surface area contributed by atoms with Crippen molar-refractivity contribution in [3.8, 4) is 11.5 Å². The lowest BCUT2D eigenvalue weighted by Gasteiger charge is -2.56. The summed E-state index contributed by atoms with van der Waals surface area (Å²) in [5.74, 6) is -0.464. The first-order valence-electron chi connectivity index (χ1n) is 13.6. The number of aliphatic hydroxyl groups is 1. The SMILES string of the molecule is Cc1c(F)cccc1[C@@H]1[C@H](N2CC(C(=O)c3cccc(O)c3)CC(c3ccccc3O)C2)CN1CC(C)(C)O. The molecule has 206 valence electrons. The Labute approximate surface area is 229 Å². The number of phenolic OH excluding ortho intramolecular Hbond substituents is 2. The van der Waals surface area contributed by atoms with Crippen molar-refractivity contribution in [1.82, 2.24) is 9.80 Å². The highest BCUT2D eigenvalue weighted by molar-refractivity contribution is 5.98. The molecule has 2 fully saturated rings. The molecule has 2 aliphatic rings. The topological polar surface area (TPSA) is 84.2 Å². The van der Waals surface area contributed by atoms with Crippen LogP contribution in [0.1, 0.15) is 59.3 Å². The maximum Gasteiger partial charge on any atom is 0.167 e. The van der Waals surface area contributed by atoms with E-state index < -0.39 is 5.60 Å². The molecular weight excluding hydrogens is 495 g/mol. The highest BCUT2D eigenvalue weighted by atomic mass is 19.1. The molecule has 0 saturated carbocycles. The Morgan fingerprint density at radius 1 is 0.974 bits per heavy atom. The molecule has 3 aromatic rings. The van der Waals surface area contributed by atoms with Gasteiger partial charge in [0.25, 0.3) is 0 Å². The molecule has 0 aliphatic carbocycles. The lowest BCUT2D eigenvalue weighted by Crippen LogP contribution is -2.65. The van der Waals surface area contributed by atoms with Crippen LogP contribution in [0.4, 0.5) is 4.39 Å². The fraction of sp³-hybridized carbons (Fsp3) is 0.406. The van der Waals surface area contributed by atoms with Crippen molar-refractivity contribution < 1.29 is 24.5 Å². The Morgan fingerprint density at radius 3 is 2.41 bits per heavy atom. The fourth-order valence-electron chi connectivity index (χ4n) is 6.43. The second-order valence-electron chi connectivity index (χ2n) is 11.8. The summed E-state index contributed by atoms with van der Waals surface area (Å²) in [6, 6.07) is 18.7. The van der Waals surface area contributed by atoms with Crippen LogP contribution in [0.5, 0.6) is 11.5 Å². The molecule has 3 aromatic carbocycles. The van der Waals surface area contributed by atoms with E-state index in [9.17, 15) is 24.5 Å². The van der Waals surface area contributed by atoms with Crippen molar-refractivity contribution in [2.75, 3.05) is 26.2 Å². The molecule has 2 heterocycles. The zero-order valence-corrected chi connectivity index (χ0v) is 22.7. The van der Waals surface area contributed by atoms with Gasteiger partial charge in [-0.1, -0.05) is 42.5 Å². The zero-order chi connectivity index (χ0) is 27.9. The van der Waals surface area contributed by atoms with E-state index in [0.29, 0.717) is 43.7 Å². The molecule has 3 N–H and O–H groups in total. The minimum absolute atomic E-state index is 0.000909. The highest BCUT2D eigenvalue weighted by Crippen LogP contribution is 2.44. The van der Waals surface area contributed by atoms with Gasteiger partial charge in [0, 0.05) is 49.6 Å². The molecule has 0 aromatic heterocycles. The number of aromatic hydroxyl groups is 2. The van der Waals surface area contributed by atoms with Crippen molar-refractivity contribution in [2.24, 2.45) is 5.92 Å². The van der Waals surface area contributed by atoms with Crippen LogP contribution in [0.3, 0.4) is 0 Å². The predicted octanol–water partition coefficient (Wildman–Crippen LogP) is 5.03. The Morgan fingerprint density at radius 2 is 1.69 bits per heavy atom. The zero-order valence-electron chi connectivity index (χ0n) is 22.7. The number of phenols is 2. The van der Waals surface area contributed by atoms with Gasteiger partial charge in [0.15, 0.2) is 5.78 Å². The third-order valence-electron chi connectivity index (χ3n) is 8.22. The predicted molar refractivity (Wildman–Crippen MR) is 149 cm³/mol. The standard InChI is InChI=1S/C32H37FN2O4/c1-20-25(11-7-12-27(20)33)30-28(18-35(30)19-32(2,3)39)34-16-22(26-10-4-5-13-29(26)37)14-23(17-34)31(38)21-8-6-9-24(36)15-21/h4-13,15,22-23,28,30,36-37,39H,14,16-19H2,1-3H3/t22?,23?,28-,30-/m1/s1. The number of benzene rings is 3. The van der Waals surface area contributed by atoms with Gasteiger partial charge in [0.2, 0.25) is 0 Å². The van der Waals surface area contributed by atoms with Gasteiger partial charge >= 0.3 is 0 Å². The molecule has 6 nitrogen and oxygen atoms in total. The number of nitrogens with zero attached hydrogens (tertiary/aromatic N) is 2. The molecule has 2 saturated heterocycles. The molecule has 2 unspecified atom stereocenters. The van der Waals surface area contributed by atoms with E-state index in [2.05, 4.69) is 9.80 Å². The summed E-state index contributed by atoms with van der Waals surface area (Å²) in [5.41, 5.74) is 1.83. The summed E-state index contributed by atoms with van der Waals surface area (Å²) in [6.45, 7) is 7.61. The number of carbonyl (C=O) groups is 1. The number of piperidine rings is 1. The maximum absolute atomic E-state index is 14.7. The fourth-order valence-corrected chi connectivity index (χ4v) is 6.43. The van der Waals surface area contributed by atoms with Crippen molar-refractivity contribution in [3.05, 3.63) is 94.8 Å². The third kappa shape index (κ3) is 5.71. The largest absolute Gasteiger partial charge is 0.508 e. The number of carbonyl (C=O) groups excluding carboxylic acids is 1. The number of likely N-dealkylation sites (tertiary alicyclic amines) is 2. The van der Waals surface area contributed by atoms with Gasteiger partial charge in [-0.2, -0.15) is 0 Å². The minimum atomic E-state index is -0.918. The van der Waals surface area contributed by atoms with E-state index >= 15 is 0 Å². The average molecular weight is 533 g/mol.